The van der Waals surface area contributed by atoms with Crippen LogP contribution in [0, 0.1) is 0 Å². The van der Waals surface area contributed by atoms with Crippen LogP contribution in [-0.4, -0.2) is 101 Å². The first kappa shape index (κ1) is 27.3. The number of phosphoric ester groups is 2. The summed E-state index contributed by atoms with van der Waals surface area (Å²) in [7, 11) is -10.9. The third-order valence-electron chi connectivity index (χ3n) is 4.76. The Labute approximate surface area is 188 Å². The summed E-state index contributed by atoms with van der Waals surface area (Å²) in [6.07, 6.45) is -13.0. The highest BCUT2D eigenvalue weighted by Crippen LogP contribution is 2.61. The highest BCUT2D eigenvalue weighted by molar-refractivity contribution is 7.61. The van der Waals surface area contributed by atoms with Crippen LogP contribution >= 0.6 is 15.6 Å². The molecule has 1 aromatic heterocycles. The van der Waals surface area contributed by atoms with Gasteiger partial charge in [-0.2, -0.15) is 4.31 Å². The quantitative estimate of drug-likeness (QED) is 0.146. The van der Waals surface area contributed by atoms with Crippen LogP contribution in [0.3, 0.4) is 0 Å². The molecule has 3 unspecified atom stereocenters. The van der Waals surface area contributed by atoms with Crippen molar-refractivity contribution in [1.29, 1.82) is 0 Å². The van der Waals surface area contributed by atoms with E-state index in [1.807, 2.05) is 4.98 Å². The van der Waals surface area contributed by atoms with Gasteiger partial charge in [-0.05, 0) is 0 Å². The van der Waals surface area contributed by atoms with Gasteiger partial charge in [-0.3, -0.25) is 23.4 Å². The minimum atomic E-state index is -5.47. The Bertz CT molecular complexity index is 1080. The predicted octanol–water partition coefficient (Wildman–Crippen LogP) is -4.15. The Kier molecular flexibility index (Phi) is 8.28. The van der Waals surface area contributed by atoms with Crippen molar-refractivity contribution in [2.75, 3.05) is 13.2 Å². The molecular weight excluding hydrogens is 514 g/mol. The number of rotatable bonds is 8. The van der Waals surface area contributed by atoms with Crippen LogP contribution in [0.15, 0.2) is 21.9 Å². The number of aliphatic hydroxyl groups is 5. The first-order valence-electron chi connectivity index (χ1n) is 9.39. The standard InChI is InChI=1S/C14H22N2O16P2/c17-5-3-28-13(11(22)8(5)19)31-34(26,27)32-33(24,25)29-4-6-9(20)10(21)12(30-6)16-2-1-7(18)15-14(16)23/h1-2,5-6,8-13,17,19-22H,3-4H2,(H,24,25)(H,26,27)(H,15,18,23)/t5-,6+,8-,9+,10+,11+,12?,13+/m0/s1. The van der Waals surface area contributed by atoms with Crippen LogP contribution in [0.4, 0.5) is 0 Å². The van der Waals surface area contributed by atoms with Crippen molar-refractivity contribution in [3.8, 4) is 0 Å². The van der Waals surface area contributed by atoms with E-state index < -0.39 is 89.2 Å². The molecule has 18 nitrogen and oxygen atoms in total. The first-order chi connectivity index (χ1) is 15.7. The molecule has 1 aromatic rings. The number of aromatic amines is 1. The minimum Gasteiger partial charge on any atom is -0.388 e. The average molecular weight is 536 g/mol. The molecule has 0 aromatic carbocycles. The summed E-state index contributed by atoms with van der Waals surface area (Å²) >= 11 is 0. The lowest BCUT2D eigenvalue weighted by molar-refractivity contribution is -0.245. The van der Waals surface area contributed by atoms with E-state index in [1.165, 1.54) is 0 Å². The molecule has 0 radical (unpaired) electrons. The number of hydrogen-bond acceptors (Lipinski definition) is 14. The number of aliphatic hydroxyl groups excluding tert-OH is 5. The lowest BCUT2D eigenvalue weighted by Gasteiger charge is -2.35. The molecule has 2 aliphatic heterocycles. The van der Waals surface area contributed by atoms with Gasteiger partial charge >= 0.3 is 21.3 Å². The minimum absolute atomic E-state index is 0.602. The monoisotopic (exact) mass is 536 g/mol. The molecule has 34 heavy (non-hydrogen) atoms. The molecule has 3 rings (SSSR count). The first-order valence-corrected chi connectivity index (χ1v) is 12.4. The number of aromatic nitrogens is 2. The lowest BCUT2D eigenvalue weighted by atomic mass is 10.1. The van der Waals surface area contributed by atoms with Crippen molar-refractivity contribution in [3.63, 3.8) is 0 Å². The molecule has 0 spiro atoms. The maximum atomic E-state index is 12.1. The number of H-pyrrole nitrogens is 1. The average Bonchev–Trinajstić information content (AvgIpc) is 3.00. The van der Waals surface area contributed by atoms with E-state index in [-0.39, 0.29) is 0 Å². The number of nitrogens with zero attached hydrogens (tertiary/aromatic N) is 1. The number of nitrogens with one attached hydrogen (secondary N) is 1. The maximum Gasteiger partial charge on any atom is 0.483 e. The largest absolute Gasteiger partial charge is 0.483 e. The second-order valence-corrected chi connectivity index (χ2v) is 10.2. The van der Waals surface area contributed by atoms with Gasteiger partial charge in [0.05, 0.1) is 13.2 Å². The van der Waals surface area contributed by atoms with Crippen LogP contribution in [0.2, 0.25) is 0 Å². The zero-order valence-corrected chi connectivity index (χ0v) is 18.6. The van der Waals surface area contributed by atoms with Crippen molar-refractivity contribution in [2.45, 2.75) is 49.1 Å². The van der Waals surface area contributed by atoms with E-state index in [0.29, 0.717) is 0 Å². The molecule has 0 bridgehead atoms. The second-order valence-electron chi connectivity index (χ2n) is 7.23. The molecule has 2 saturated heterocycles. The summed E-state index contributed by atoms with van der Waals surface area (Å²) in [6, 6.07) is 0.939. The third kappa shape index (κ3) is 6.26. The van der Waals surface area contributed by atoms with Crippen molar-refractivity contribution >= 4 is 15.6 Å². The smallest absolute Gasteiger partial charge is 0.388 e. The van der Waals surface area contributed by atoms with E-state index in [4.69, 9.17) is 9.47 Å². The van der Waals surface area contributed by atoms with Gasteiger partial charge in [-0.15, -0.1) is 0 Å². The molecule has 8 N–H and O–H groups in total. The van der Waals surface area contributed by atoms with E-state index >= 15 is 0 Å². The fourth-order valence-corrected chi connectivity index (χ4v) is 5.24. The summed E-state index contributed by atoms with van der Waals surface area (Å²) in [5.74, 6) is 0. The Balaban J connectivity index is 1.59. The lowest BCUT2D eigenvalue weighted by Crippen LogP contribution is -2.53. The highest BCUT2D eigenvalue weighted by atomic mass is 31.3. The Morgan fingerprint density at radius 1 is 1.03 bits per heavy atom. The molecule has 10 atom stereocenters. The zero-order chi connectivity index (χ0) is 25.4. The van der Waals surface area contributed by atoms with Gasteiger partial charge in [0.15, 0.2) is 12.5 Å². The second kappa shape index (κ2) is 10.3. The van der Waals surface area contributed by atoms with Crippen molar-refractivity contribution in [2.24, 2.45) is 0 Å². The molecule has 2 fully saturated rings. The summed E-state index contributed by atoms with van der Waals surface area (Å²) in [6.45, 7) is -1.59. The summed E-state index contributed by atoms with van der Waals surface area (Å²) in [5, 5.41) is 48.8. The molecular formula is C14H22N2O16P2. The molecule has 194 valence electrons. The van der Waals surface area contributed by atoms with Gasteiger partial charge in [0.1, 0.15) is 36.6 Å². The van der Waals surface area contributed by atoms with Crippen LogP contribution in [0.5, 0.6) is 0 Å². The number of phosphoric acid groups is 2. The molecule has 0 amide bonds. The topological polar surface area (TPSA) is 277 Å². The molecule has 2 aliphatic rings. The zero-order valence-electron chi connectivity index (χ0n) is 16.8. The van der Waals surface area contributed by atoms with Gasteiger partial charge in [-0.1, -0.05) is 0 Å². The fraction of sp³-hybridized carbons (Fsp3) is 0.714. The van der Waals surface area contributed by atoms with Gasteiger partial charge in [-0.25, -0.2) is 13.9 Å². The fourth-order valence-electron chi connectivity index (χ4n) is 3.07. The van der Waals surface area contributed by atoms with Gasteiger partial charge in [0.25, 0.3) is 5.56 Å². The maximum absolute atomic E-state index is 12.1. The van der Waals surface area contributed by atoms with Gasteiger partial charge in [0, 0.05) is 12.3 Å². The normalized spacial score (nSPS) is 37.7. The SMILES string of the molecule is O=c1ccn(C2O[C@H](COP(=O)(O)OP(=O)(O)O[C@H]3OC[C@H](O)[C@H](O)[C@H]3O)[C@@H](O)[C@H]2O)c(=O)[nH]1. The van der Waals surface area contributed by atoms with Crippen molar-refractivity contribution in [1.82, 2.24) is 9.55 Å². The van der Waals surface area contributed by atoms with Crippen LogP contribution in [0.25, 0.3) is 0 Å². The van der Waals surface area contributed by atoms with E-state index in [9.17, 15) is 54.0 Å². The van der Waals surface area contributed by atoms with Crippen LogP contribution in [-0.2, 0) is 32.0 Å². The Morgan fingerprint density at radius 2 is 1.71 bits per heavy atom. The van der Waals surface area contributed by atoms with Gasteiger partial charge < -0.3 is 44.8 Å². The summed E-state index contributed by atoms with van der Waals surface area (Å²) in [4.78, 5) is 44.3. The van der Waals surface area contributed by atoms with Crippen molar-refractivity contribution < 1.29 is 67.3 Å². The van der Waals surface area contributed by atoms with Crippen LogP contribution < -0.4 is 11.2 Å². The number of ether oxygens (including phenoxy) is 2. The number of hydrogen-bond donors (Lipinski definition) is 8. The van der Waals surface area contributed by atoms with Crippen molar-refractivity contribution in [3.05, 3.63) is 33.1 Å². The third-order valence-corrected chi connectivity index (χ3v) is 7.36. The molecule has 0 aliphatic carbocycles. The van der Waals surface area contributed by atoms with Gasteiger partial charge in [0.2, 0.25) is 0 Å². The van der Waals surface area contributed by atoms with E-state index in [2.05, 4.69) is 13.4 Å². The Hall–Kier alpha value is -1.34. The van der Waals surface area contributed by atoms with Crippen LogP contribution in [0.1, 0.15) is 6.23 Å². The highest BCUT2D eigenvalue weighted by Gasteiger charge is 2.47. The predicted molar refractivity (Wildman–Crippen MR) is 103 cm³/mol. The van der Waals surface area contributed by atoms with E-state index in [1.54, 1.807) is 0 Å². The summed E-state index contributed by atoms with van der Waals surface area (Å²) in [5.41, 5.74) is -1.72. The Morgan fingerprint density at radius 3 is 2.35 bits per heavy atom. The molecule has 0 saturated carbocycles. The molecule has 3 heterocycles. The summed E-state index contributed by atoms with van der Waals surface area (Å²) < 4.78 is 47.7. The molecule has 20 heteroatoms. The van der Waals surface area contributed by atoms with E-state index in [0.717, 1.165) is 16.8 Å².